The van der Waals surface area contributed by atoms with Gasteiger partial charge in [0.2, 0.25) is 0 Å². The van der Waals surface area contributed by atoms with Crippen LogP contribution in [0.15, 0.2) is 18.2 Å². The molecule has 0 saturated carbocycles. The lowest BCUT2D eigenvalue weighted by Crippen LogP contribution is -2.12. The number of hydrogen-bond acceptors (Lipinski definition) is 2. The minimum atomic E-state index is -0.950. The summed E-state index contributed by atoms with van der Waals surface area (Å²) < 4.78 is 0. The van der Waals surface area contributed by atoms with E-state index in [1.54, 1.807) is 18.2 Å². The van der Waals surface area contributed by atoms with Crippen LogP contribution in [-0.4, -0.2) is 17.0 Å². The molecule has 0 fully saturated rings. The van der Waals surface area contributed by atoms with Crippen molar-refractivity contribution in [2.45, 2.75) is 13.0 Å². The molecule has 16 heavy (non-hydrogen) atoms. The highest BCUT2D eigenvalue weighted by Gasteiger charge is 2.20. The molecule has 4 nitrogen and oxygen atoms in total. The van der Waals surface area contributed by atoms with E-state index in [1.807, 2.05) is 0 Å². The van der Waals surface area contributed by atoms with Gasteiger partial charge in [-0.1, -0.05) is 17.9 Å². The third kappa shape index (κ3) is 1.89. The summed E-state index contributed by atoms with van der Waals surface area (Å²) in [6.45, 7) is 0.464. The van der Waals surface area contributed by atoms with Crippen molar-refractivity contribution in [2.24, 2.45) is 0 Å². The van der Waals surface area contributed by atoms with E-state index in [2.05, 4.69) is 17.2 Å². The smallest absolute Gasteiger partial charge is 0.315 e. The molecule has 80 valence electrons. The lowest BCUT2D eigenvalue weighted by atomic mass is 10.0. The second-order valence-electron chi connectivity index (χ2n) is 3.39. The summed E-state index contributed by atoms with van der Waals surface area (Å²) in [5.41, 5.74) is 2.20. The Morgan fingerprint density at radius 1 is 1.50 bits per heavy atom. The molecular weight excluding hydrogens is 206 g/mol. The van der Waals surface area contributed by atoms with Crippen LogP contribution in [0, 0.1) is 11.8 Å². The van der Waals surface area contributed by atoms with Gasteiger partial charge in [0.25, 0.3) is 5.91 Å². The number of rotatable bonds is 1. The highest BCUT2D eigenvalue weighted by atomic mass is 16.4. The number of carbonyl (C=O) groups excluding carboxylic acids is 1. The van der Waals surface area contributed by atoms with Crippen molar-refractivity contribution in [3.8, 4) is 11.8 Å². The van der Waals surface area contributed by atoms with Crippen molar-refractivity contribution in [1.82, 2.24) is 5.32 Å². The van der Waals surface area contributed by atoms with E-state index in [1.165, 1.54) is 0 Å². The molecule has 2 rings (SSSR count). The predicted octanol–water partition coefficient (Wildman–Crippen LogP) is 0.756. The van der Waals surface area contributed by atoms with Crippen LogP contribution in [0.25, 0.3) is 0 Å². The molecule has 4 heteroatoms. The summed E-state index contributed by atoms with van der Waals surface area (Å²) in [6, 6.07) is 5.27. The fourth-order valence-electron chi connectivity index (χ4n) is 1.59. The molecule has 0 spiro atoms. The van der Waals surface area contributed by atoms with Gasteiger partial charge >= 0.3 is 5.97 Å². The van der Waals surface area contributed by atoms with Gasteiger partial charge in [-0.2, -0.15) is 0 Å². The number of hydrogen-bond donors (Lipinski definition) is 2. The molecule has 2 N–H and O–H groups in total. The first-order valence-electron chi connectivity index (χ1n) is 4.79. The van der Waals surface area contributed by atoms with Crippen LogP contribution in [0.1, 0.15) is 27.9 Å². The number of carboxylic acids is 1. The second-order valence-corrected chi connectivity index (χ2v) is 3.39. The molecular formula is C12H9NO3. The standard InChI is InChI=1S/C12H9NO3/c14-11(15)6-2-4-8-3-1-5-9-10(8)7-13-12(9)16/h1,3,5H,6-7H2,(H,13,16)(H,14,15). The van der Waals surface area contributed by atoms with Crippen molar-refractivity contribution in [3.63, 3.8) is 0 Å². The monoisotopic (exact) mass is 215 g/mol. The Hall–Kier alpha value is -2.28. The highest BCUT2D eigenvalue weighted by Crippen LogP contribution is 2.18. The van der Waals surface area contributed by atoms with Gasteiger partial charge in [0.1, 0.15) is 6.42 Å². The van der Waals surface area contributed by atoms with E-state index in [-0.39, 0.29) is 12.3 Å². The molecule has 0 aliphatic carbocycles. The van der Waals surface area contributed by atoms with E-state index in [0.717, 1.165) is 11.1 Å². The number of carbonyl (C=O) groups is 2. The van der Waals surface area contributed by atoms with Crippen LogP contribution in [0.4, 0.5) is 0 Å². The first-order chi connectivity index (χ1) is 7.68. The maximum atomic E-state index is 11.3. The van der Waals surface area contributed by atoms with Crippen LogP contribution < -0.4 is 5.32 Å². The Bertz CT molecular complexity index is 523. The quantitative estimate of drug-likeness (QED) is 0.679. The number of amides is 1. The summed E-state index contributed by atoms with van der Waals surface area (Å²) in [5.74, 6) is 4.28. The third-order valence-corrected chi connectivity index (χ3v) is 2.31. The Morgan fingerprint density at radius 3 is 3.06 bits per heavy atom. The summed E-state index contributed by atoms with van der Waals surface area (Å²) in [7, 11) is 0. The molecule has 1 aromatic rings. The van der Waals surface area contributed by atoms with E-state index in [9.17, 15) is 9.59 Å². The van der Waals surface area contributed by atoms with Gasteiger partial charge in [-0.3, -0.25) is 9.59 Å². The number of fused-ring (bicyclic) bond motifs is 1. The molecule has 0 aromatic heterocycles. The van der Waals surface area contributed by atoms with Gasteiger partial charge < -0.3 is 10.4 Å². The van der Waals surface area contributed by atoms with Crippen molar-refractivity contribution in [2.75, 3.05) is 0 Å². The zero-order chi connectivity index (χ0) is 11.5. The van der Waals surface area contributed by atoms with Crippen LogP contribution >= 0.6 is 0 Å². The van der Waals surface area contributed by atoms with E-state index >= 15 is 0 Å². The predicted molar refractivity (Wildman–Crippen MR) is 56.7 cm³/mol. The van der Waals surface area contributed by atoms with E-state index in [4.69, 9.17) is 5.11 Å². The largest absolute Gasteiger partial charge is 0.481 e. The minimum Gasteiger partial charge on any atom is -0.481 e. The van der Waals surface area contributed by atoms with Crippen LogP contribution in [0.2, 0.25) is 0 Å². The van der Waals surface area contributed by atoms with Gasteiger partial charge in [0.05, 0.1) is 0 Å². The molecule has 1 aromatic carbocycles. The number of carboxylic acid groups (broad SMARTS) is 1. The minimum absolute atomic E-state index is 0.100. The molecule has 0 saturated heterocycles. The maximum absolute atomic E-state index is 11.3. The van der Waals surface area contributed by atoms with E-state index in [0.29, 0.717) is 12.1 Å². The van der Waals surface area contributed by atoms with Crippen molar-refractivity contribution >= 4 is 11.9 Å². The van der Waals surface area contributed by atoms with Gasteiger partial charge in [0.15, 0.2) is 0 Å². The highest BCUT2D eigenvalue weighted by molar-refractivity contribution is 5.99. The Balaban J connectivity index is 2.32. The SMILES string of the molecule is O=C(O)CC#Cc1cccc2c1CNC2=O. The molecule has 0 atom stereocenters. The first-order valence-corrected chi connectivity index (χ1v) is 4.79. The fraction of sp³-hybridized carbons (Fsp3) is 0.167. The molecule has 0 bridgehead atoms. The zero-order valence-electron chi connectivity index (χ0n) is 8.41. The molecule has 1 aliphatic rings. The zero-order valence-corrected chi connectivity index (χ0v) is 8.41. The van der Waals surface area contributed by atoms with Crippen LogP contribution in [0.5, 0.6) is 0 Å². The van der Waals surface area contributed by atoms with Gasteiger partial charge in [-0.15, -0.1) is 0 Å². The topological polar surface area (TPSA) is 66.4 Å². The molecule has 0 radical (unpaired) electrons. The third-order valence-electron chi connectivity index (χ3n) is 2.31. The summed E-state index contributed by atoms with van der Waals surface area (Å²) >= 11 is 0. The Labute approximate surface area is 92.3 Å². The number of benzene rings is 1. The lowest BCUT2D eigenvalue weighted by Gasteiger charge is -1.98. The average molecular weight is 215 g/mol. The number of aliphatic carboxylic acids is 1. The molecule has 1 heterocycles. The Kier molecular flexibility index (Phi) is 2.61. The molecule has 1 aliphatic heterocycles. The van der Waals surface area contributed by atoms with Gasteiger partial charge in [0, 0.05) is 17.7 Å². The number of nitrogens with one attached hydrogen (secondary N) is 1. The summed E-state index contributed by atoms with van der Waals surface area (Å²) in [6.07, 6.45) is -0.189. The van der Waals surface area contributed by atoms with Crippen LogP contribution in [-0.2, 0) is 11.3 Å². The van der Waals surface area contributed by atoms with Gasteiger partial charge in [-0.05, 0) is 17.7 Å². The van der Waals surface area contributed by atoms with Crippen molar-refractivity contribution in [3.05, 3.63) is 34.9 Å². The summed E-state index contributed by atoms with van der Waals surface area (Å²) in [4.78, 5) is 21.7. The van der Waals surface area contributed by atoms with E-state index < -0.39 is 5.97 Å². The fourth-order valence-corrected chi connectivity index (χ4v) is 1.59. The first kappa shape index (κ1) is 10.2. The molecule has 1 amide bonds. The van der Waals surface area contributed by atoms with Gasteiger partial charge in [-0.25, -0.2) is 0 Å². The lowest BCUT2D eigenvalue weighted by molar-refractivity contribution is -0.135. The van der Waals surface area contributed by atoms with Crippen molar-refractivity contribution in [1.29, 1.82) is 0 Å². The van der Waals surface area contributed by atoms with Crippen LogP contribution in [0.3, 0.4) is 0 Å². The second kappa shape index (κ2) is 4.07. The molecule has 0 unspecified atom stereocenters. The Morgan fingerprint density at radius 2 is 2.31 bits per heavy atom. The average Bonchev–Trinajstić information content (AvgIpc) is 2.61. The normalized spacial score (nSPS) is 12.4. The summed E-state index contributed by atoms with van der Waals surface area (Å²) in [5, 5.41) is 11.2. The maximum Gasteiger partial charge on any atom is 0.315 e. The van der Waals surface area contributed by atoms with Crippen molar-refractivity contribution < 1.29 is 14.7 Å².